The Bertz CT molecular complexity index is 538. The van der Waals surface area contributed by atoms with Gasteiger partial charge in [-0.15, -0.1) is 0 Å². The van der Waals surface area contributed by atoms with Crippen LogP contribution < -0.4 is 0 Å². The van der Waals surface area contributed by atoms with E-state index in [0.29, 0.717) is 35.5 Å². The van der Waals surface area contributed by atoms with E-state index in [2.05, 4.69) is 40.5 Å². The molecule has 3 nitrogen and oxygen atoms in total. The Labute approximate surface area is 205 Å². The Kier molecular flexibility index (Phi) is 13.2. The molecule has 0 aromatic rings. The largest absolute Gasteiger partial charge is 0.392 e. The van der Waals surface area contributed by atoms with Gasteiger partial charge in [0.15, 0.2) is 0 Å². The second-order valence-corrected chi connectivity index (χ2v) is 11.8. The van der Waals surface area contributed by atoms with Gasteiger partial charge in [-0.2, -0.15) is 0 Å². The van der Waals surface area contributed by atoms with Gasteiger partial charge in [0.2, 0.25) is 0 Å². The van der Waals surface area contributed by atoms with Crippen LogP contribution in [-0.4, -0.2) is 33.6 Å². The predicted octanol–water partition coefficient (Wildman–Crippen LogP) is 7.08. The van der Waals surface area contributed by atoms with Gasteiger partial charge >= 0.3 is 0 Å². The first-order valence-corrected chi connectivity index (χ1v) is 13.3. The average molecular weight is 463 g/mol. The molecule has 3 aliphatic carbocycles. The minimum absolute atomic E-state index is 0.128. The highest BCUT2D eigenvalue weighted by Crippen LogP contribution is 2.34. The zero-order valence-corrected chi connectivity index (χ0v) is 22.5. The number of aliphatic hydroxyl groups excluding tert-OH is 3. The third-order valence-electron chi connectivity index (χ3n) is 8.14. The Morgan fingerprint density at radius 3 is 0.848 bits per heavy atom. The predicted molar refractivity (Wildman–Crippen MR) is 142 cm³/mol. The van der Waals surface area contributed by atoms with E-state index in [0.717, 1.165) is 55.2 Å². The summed E-state index contributed by atoms with van der Waals surface area (Å²) < 4.78 is 0. The van der Waals surface area contributed by atoms with Gasteiger partial charge in [0.1, 0.15) is 0 Å². The lowest BCUT2D eigenvalue weighted by Gasteiger charge is -2.31. The van der Waals surface area contributed by atoms with Gasteiger partial charge in [0, 0.05) is 17.8 Å². The summed E-state index contributed by atoms with van der Waals surface area (Å²) in [5.41, 5.74) is 3.43. The Morgan fingerprint density at radius 2 is 0.697 bits per heavy atom. The molecule has 0 aromatic carbocycles. The van der Waals surface area contributed by atoms with E-state index in [-0.39, 0.29) is 18.3 Å². The van der Waals surface area contributed by atoms with Gasteiger partial charge < -0.3 is 15.3 Å². The van der Waals surface area contributed by atoms with Gasteiger partial charge in [0.25, 0.3) is 0 Å². The maximum atomic E-state index is 9.65. The monoisotopic (exact) mass is 462 g/mol. The molecule has 0 bridgehead atoms. The van der Waals surface area contributed by atoms with Gasteiger partial charge in [-0.3, -0.25) is 0 Å². The molecule has 0 aromatic heterocycles. The maximum Gasteiger partial charge on any atom is 0.0607 e. The van der Waals surface area contributed by atoms with E-state index < -0.39 is 0 Å². The molecule has 3 aliphatic rings. The van der Waals surface area contributed by atoms with Crippen LogP contribution in [0.3, 0.4) is 0 Å². The smallest absolute Gasteiger partial charge is 0.0607 e. The summed E-state index contributed by atoms with van der Waals surface area (Å²) in [7, 11) is 0. The molecule has 33 heavy (non-hydrogen) atoms. The molecule has 0 heterocycles. The molecule has 0 saturated heterocycles. The van der Waals surface area contributed by atoms with Crippen LogP contribution in [0.1, 0.15) is 99.3 Å². The van der Waals surface area contributed by atoms with Gasteiger partial charge in [0.05, 0.1) is 18.3 Å². The Balaban J connectivity index is 0.000000247. The fraction of sp³-hybridized carbons (Fsp3) is 0.800. The normalized spacial score (nSPS) is 38.6. The summed E-state index contributed by atoms with van der Waals surface area (Å²) in [6, 6.07) is 0. The van der Waals surface area contributed by atoms with E-state index in [1.54, 1.807) is 0 Å². The van der Waals surface area contributed by atoms with Crippen molar-refractivity contribution in [1.82, 2.24) is 0 Å². The number of rotatable bonds is 3. The van der Waals surface area contributed by atoms with E-state index in [9.17, 15) is 15.3 Å². The second-order valence-electron chi connectivity index (χ2n) is 11.8. The van der Waals surface area contributed by atoms with Crippen molar-refractivity contribution in [2.45, 2.75) is 118 Å². The molecule has 0 spiro atoms. The highest BCUT2D eigenvalue weighted by Gasteiger charge is 2.28. The van der Waals surface area contributed by atoms with E-state index in [1.165, 1.54) is 19.3 Å². The van der Waals surface area contributed by atoms with Crippen molar-refractivity contribution in [3.63, 3.8) is 0 Å². The lowest BCUT2D eigenvalue weighted by Crippen LogP contribution is -2.28. The SMILES string of the molecule is C=C(C)C1CC[C@@H](C)CC1O.C=C(C)C1CC[C@@H](C)CC1O.C=C(C)C1CC[C@@H](C)CC1O. The second kappa shape index (κ2) is 14.5. The van der Waals surface area contributed by atoms with Crippen LogP contribution in [-0.2, 0) is 0 Å². The molecule has 0 amide bonds. The first-order chi connectivity index (χ1) is 15.3. The zero-order chi connectivity index (χ0) is 25.3. The summed E-state index contributed by atoms with van der Waals surface area (Å²) in [6.45, 7) is 24.4. The molecule has 9 atom stereocenters. The van der Waals surface area contributed by atoms with E-state index >= 15 is 0 Å². The molecule has 3 N–H and O–H groups in total. The summed E-state index contributed by atoms with van der Waals surface area (Å²) in [4.78, 5) is 0. The molecule has 192 valence electrons. The highest BCUT2D eigenvalue weighted by atomic mass is 16.3. The molecule has 3 rings (SSSR count). The minimum Gasteiger partial charge on any atom is -0.392 e. The molecule has 3 saturated carbocycles. The third-order valence-corrected chi connectivity index (χ3v) is 8.14. The van der Waals surface area contributed by atoms with E-state index in [4.69, 9.17) is 0 Å². The topological polar surface area (TPSA) is 60.7 Å². The molecule has 0 aliphatic heterocycles. The van der Waals surface area contributed by atoms with Crippen LogP contribution >= 0.6 is 0 Å². The fourth-order valence-electron chi connectivity index (χ4n) is 5.78. The first kappa shape index (κ1) is 30.1. The standard InChI is InChI=1S/3C10H18O/c3*1-7(2)9-5-4-8(3)6-10(9)11/h3*8-11H,1,4-6H2,2-3H3/t3*8-,9?,10?/m111/s1. The zero-order valence-electron chi connectivity index (χ0n) is 22.5. The van der Waals surface area contributed by atoms with Crippen molar-refractivity contribution in [3.05, 3.63) is 36.5 Å². The quantitative estimate of drug-likeness (QED) is 0.393. The number of aliphatic hydroxyl groups is 3. The van der Waals surface area contributed by atoms with Gasteiger partial charge in [-0.25, -0.2) is 0 Å². The van der Waals surface area contributed by atoms with Gasteiger partial charge in [-0.1, -0.05) is 57.2 Å². The third kappa shape index (κ3) is 10.5. The lowest BCUT2D eigenvalue weighted by atomic mass is 9.78. The van der Waals surface area contributed by atoms with Crippen molar-refractivity contribution >= 4 is 0 Å². The van der Waals surface area contributed by atoms with Crippen molar-refractivity contribution < 1.29 is 15.3 Å². The number of hydrogen-bond acceptors (Lipinski definition) is 3. The van der Waals surface area contributed by atoms with Crippen LogP contribution in [0.15, 0.2) is 36.5 Å². The van der Waals surface area contributed by atoms with Crippen LogP contribution in [0.5, 0.6) is 0 Å². The average Bonchev–Trinajstić information content (AvgIpc) is 2.68. The molecular weight excluding hydrogens is 408 g/mol. The molecule has 0 radical (unpaired) electrons. The Hall–Kier alpha value is -0.900. The van der Waals surface area contributed by atoms with Gasteiger partial charge in [-0.05, 0) is 96.3 Å². The van der Waals surface area contributed by atoms with Crippen molar-refractivity contribution in [2.24, 2.45) is 35.5 Å². The fourth-order valence-corrected chi connectivity index (χ4v) is 5.78. The first-order valence-electron chi connectivity index (χ1n) is 13.3. The lowest BCUT2D eigenvalue weighted by molar-refractivity contribution is 0.0653. The maximum absolute atomic E-state index is 9.65. The highest BCUT2D eigenvalue weighted by molar-refractivity contribution is 5.03. The van der Waals surface area contributed by atoms with E-state index in [1.807, 2.05) is 20.8 Å². The van der Waals surface area contributed by atoms with Crippen LogP contribution in [0.25, 0.3) is 0 Å². The number of hydrogen-bond donors (Lipinski definition) is 3. The minimum atomic E-state index is -0.128. The van der Waals surface area contributed by atoms with Crippen molar-refractivity contribution in [1.29, 1.82) is 0 Å². The van der Waals surface area contributed by atoms with Crippen LogP contribution in [0.2, 0.25) is 0 Å². The molecule has 6 unspecified atom stereocenters. The van der Waals surface area contributed by atoms with Crippen molar-refractivity contribution in [3.8, 4) is 0 Å². The molecule has 3 heteroatoms. The molecule has 3 fully saturated rings. The van der Waals surface area contributed by atoms with Crippen molar-refractivity contribution in [2.75, 3.05) is 0 Å². The van der Waals surface area contributed by atoms with Crippen LogP contribution in [0, 0.1) is 35.5 Å². The summed E-state index contributed by atoms with van der Waals surface area (Å²) in [5, 5.41) is 28.9. The summed E-state index contributed by atoms with van der Waals surface area (Å²) in [5.74, 6) is 3.19. The summed E-state index contributed by atoms with van der Waals surface area (Å²) >= 11 is 0. The molecular formula is C30H54O3. The Morgan fingerprint density at radius 1 is 0.485 bits per heavy atom. The van der Waals surface area contributed by atoms with Crippen LogP contribution in [0.4, 0.5) is 0 Å². The summed E-state index contributed by atoms with van der Waals surface area (Å²) in [6.07, 6.45) is 9.58.